The lowest BCUT2D eigenvalue weighted by Gasteiger charge is -2.41. The van der Waals surface area contributed by atoms with Crippen molar-refractivity contribution in [2.75, 3.05) is 11.1 Å². The molecule has 0 unspecified atom stereocenters. The first-order valence-corrected chi connectivity index (χ1v) is 13.4. The molecule has 0 bridgehead atoms. The molecule has 0 radical (unpaired) electrons. The first-order chi connectivity index (χ1) is 18.5. The number of aryl methyl sites for hydroxylation is 1. The van der Waals surface area contributed by atoms with E-state index in [1.807, 2.05) is 78.3 Å². The van der Waals surface area contributed by atoms with Crippen LogP contribution < -0.4 is 5.32 Å². The third kappa shape index (κ3) is 5.97. The Morgan fingerprint density at radius 3 is 2.37 bits per heavy atom. The quantitative estimate of drug-likeness (QED) is 0.304. The zero-order valence-electron chi connectivity index (χ0n) is 21.2. The van der Waals surface area contributed by atoms with Gasteiger partial charge in [0.15, 0.2) is 11.4 Å². The van der Waals surface area contributed by atoms with Crippen molar-refractivity contribution in [3.63, 3.8) is 0 Å². The van der Waals surface area contributed by atoms with Crippen LogP contribution in [-0.4, -0.2) is 37.6 Å². The van der Waals surface area contributed by atoms with Crippen LogP contribution in [0, 0.1) is 5.92 Å². The van der Waals surface area contributed by atoms with E-state index in [-0.39, 0.29) is 30.6 Å². The minimum absolute atomic E-state index is 0.00276. The lowest BCUT2D eigenvalue weighted by Crippen LogP contribution is -2.38. The molecule has 1 amide bonds. The predicted molar refractivity (Wildman–Crippen MR) is 146 cm³/mol. The Bertz CT molecular complexity index is 1350. The van der Waals surface area contributed by atoms with Crippen molar-refractivity contribution in [2.24, 2.45) is 13.0 Å². The minimum Gasteiger partial charge on any atom is -0.392 e. The topological polar surface area (TPSA) is 98.5 Å². The summed E-state index contributed by atoms with van der Waals surface area (Å²) in [6, 6.07) is 24.5. The second kappa shape index (κ2) is 11.9. The molecule has 3 aromatic carbocycles. The Morgan fingerprint density at radius 2 is 1.71 bits per heavy atom. The second-order valence-electron chi connectivity index (χ2n) is 9.30. The molecule has 0 saturated carbocycles. The molecule has 4 aromatic rings. The van der Waals surface area contributed by atoms with Crippen LogP contribution in [0.4, 0.5) is 5.69 Å². The second-order valence-corrected chi connectivity index (χ2v) is 10.3. The molecular formula is C29H30N4O4S. The van der Waals surface area contributed by atoms with E-state index in [9.17, 15) is 9.90 Å². The number of anilines is 1. The fourth-order valence-electron chi connectivity index (χ4n) is 4.39. The number of aromatic nitrogens is 3. The van der Waals surface area contributed by atoms with E-state index in [2.05, 4.69) is 22.4 Å². The lowest BCUT2D eigenvalue weighted by molar-refractivity contribution is -0.268. The molecule has 196 valence electrons. The number of amides is 1. The highest BCUT2D eigenvalue weighted by Gasteiger charge is 2.38. The van der Waals surface area contributed by atoms with Crippen LogP contribution in [0.25, 0.3) is 0 Å². The first-order valence-electron chi connectivity index (χ1n) is 12.5. The number of hydrogen-bond donors (Lipinski definition) is 2. The van der Waals surface area contributed by atoms with E-state index in [1.165, 1.54) is 0 Å². The molecule has 1 saturated heterocycles. The third-order valence-corrected chi connectivity index (χ3v) is 7.77. The van der Waals surface area contributed by atoms with E-state index >= 15 is 0 Å². The van der Waals surface area contributed by atoms with Crippen LogP contribution in [0.15, 0.2) is 90.3 Å². The predicted octanol–water partition coefficient (Wildman–Crippen LogP) is 5.14. The zero-order valence-corrected chi connectivity index (χ0v) is 22.0. The van der Waals surface area contributed by atoms with E-state index in [4.69, 9.17) is 9.47 Å². The number of ether oxygens (including phenoxy) is 2. The molecule has 1 aliphatic heterocycles. The summed E-state index contributed by atoms with van der Waals surface area (Å²) in [5.41, 5.74) is 4.04. The Morgan fingerprint density at radius 1 is 1.00 bits per heavy atom. The van der Waals surface area contributed by atoms with E-state index < -0.39 is 6.29 Å². The van der Waals surface area contributed by atoms with Crippen LogP contribution in [0.2, 0.25) is 0 Å². The van der Waals surface area contributed by atoms with Crippen molar-refractivity contribution in [3.05, 3.63) is 107 Å². The summed E-state index contributed by atoms with van der Waals surface area (Å²) >= 11 is 1.60. The van der Waals surface area contributed by atoms with Gasteiger partial charge >= 0.3 is 0 Å². The average Bonchev–Trinajstić information content (AvgIpc) is 3.38. The Kier molecular flexibility index (Phi) is 8.19. The molecule has 1 aliphatic rings. The summed E-state index contributed by atoms with van der Waals surface area (Å²) in [7, 11) is 1.92. The highest BCUT2D eigenvalue weighted by atomic mass is 32.2. The van der Waals surface area contributed by atoms with E-state index in [1.54, 1.807) is 30.2 Å². The van der Waals surface area contributed by atoms with Gasteiger partial charge in [0.2, 0.25) is 0 Å². The van der Waals surface area contributed by atoms with Gasteiger partial charge in [-0.15, -0.1) is 10.2 Å². The van der Waals surface area contributed by atoms with Crippen LogP contribution in [0.3, 0.4) is 0 Å². The molecule has 4 atom stereocenters. The standard InChI is InChI=1S/C29H30N4O4S/c1-19-25(17-38-29-32-30-18-33(29)2)36-28(37-26(19)21-10-8-20(16-34)9-11-21)23-12-14-24(15-13-23)31-27(35)22-6-4-3-5-7-22/h3-15,18-19,25-26,28,34H,16-17H2,1-2H3,(H,31,35)/t19-,25+,26+,28+/m1/s1. The van der Waals surface area contributed by atoms with Crippen LogP contribution >= 0.6 is 11.8 Å². The Balaban J connectivity index is 1.34. The maximum absolute atomic E-state index is 12.5. The van der Waals surface area contributed by atoms with Gasteiger partial charge in [-0.05, 0) is 35.4 Å². The highest BCUT2D eigenvalue weighted by molar-refractivity contribution is 7.99. The molecular weight excluding hydrogens is 500 g/mol. The van der Waals surface area contributed by atoms with Gasteiger partial charge in [0, 0.05) is 35.5 Å². The van der Waals surface area contributed by atoms with Gasteiger partial charge in [0.25, 0.3) is 5.91 Å². The molecule has 1 aromatic heterocycles. The fourth-order valence-corrected chi connectivity index (χ4v) is 5.44. The zero-order chi connectivity index (χ0) is 26.5. The van der Waals surface area contributed by atoms with Gasteiger partial charge < -0.3 is 24.5 Å². The molecule has 0 spiro atoms. The van der Waals surface area contributed by atoms with Gasteiger partial charge in [0.05, 0.1) is 18.8 Å². The molecule has 2 N–H and O–H groups in total. The number of hydrogen-bond acceptors (Lipinski definition) is 7. The number of carbonyl (C=O) groups is 1. The summed E-state index contributed by atoms with van der Waals surface area (Å²) in [5.74, 6) is 0.588. The van der Waals surface area contributed by atoms with Crippen molar-refractivity contribution in [2.45, 2.75) is 37.2 Å². The summed E-state index contributed by atoms with van der Waals surface area (Å²) < 4.78 is 14.9. The van der Waals surface area contributed by atoms with E-state index in [0.29, 0.717) is 17.0 Å². The number of nitrogens with zero attached hydrogens (tertiary/aromatic N) is 3. The minimum atomic E-state index is -0.585. The summed E-state index contributed by atoms with van der Waals surface area (Å²) in [6.07, 6.45) is 0.778. The number of aliphatic hydroxyl groups excluding tert-OH is 1. The number of rotatable bonds is 8. The number of aliphatic hydroxyl groups is 1. The maximum atomic E-state index is 12.5. The smallest absolute Gasteiger partial charge is 0.255 e. The fraction of sp³-hybridized carbons (Fsp3) is 0.276. The number of carbonyl (C=O) groups excluding carboxylic acids is 1. The molecule has 1 fully saturated rings. The largest absolute Gasteiger partial charge is 0.392 e. The Hall–Kier alpha value is -3.50. The van der Waals surface area contributed by atoms with Gasteiger partial charge in [-0.1, -0.05) is 73.3 Å². The van der Waals surface area contributed by atoms with Gasteiger partial charge in [0.1, 0.15) is 6.33 Å². The molecule has 5 rings (SSSR count). The van der Waals surface area contributed by atoms with Crippen LogP contribution in [0.5, 0.6) is 0 Å². The maximum Gasteiger partial charge on any atom is 0.255 e. The van der Waals surface area contributed by atoms with Crippen LogP contribution in [-0.2, 0) is 23.1 Å². The number of nitrogens with one attached hydrogen (secondary N) is 1. The summed E-state index contributed by atoms with van der Waals surface area (Å²) in [6.45, 7) is 2.13. The number of thioether (sulfide) groups is 1. The molecule has 38 heavy (non-hydrogen) atoms. The molecule has 0 aliphatic carbocycles. The summed E-state index contributed by atoms with van der Waals surface area (Å²) in [5, 5.41) is 21.4. The van der Waals surface area contributed by atoms with Crippen molar-refractivity contribution >= 4 is 23.4 Å². The van der Waals surface area contributed by atoms with Gasteiger partial charge in [-0.2, -0.15) is 0 Å². The van der Waals surface area contributed by atoms with Gasteiger partial charge in [-0.25, -0.2) is 0 Å². The SMILES string of the molecule is C[C@@H]1[C@H](CSc2nncn2C)O[C@H](c2ccc(NC(=O)c3ccccc3)cc2)O[C@@H]1c1ccc(CO)cc1. The average molecular weight is 531 g/mol. The van der Waals surface area contributed by atoms with Gasteiger partial charge in [-0.3, -0.25) is 4.79 Å². The molecule has 8 nitrogen and oxygen atoms in total. The van der Waals surface area contributed by atoms with Crippen LogP contribution in [0.1, 0.15) is 46.4 Å². The normalized spacial score (nSPS) is 21.2. The first kappa shape index (κ1) is 26.1. The summed E-state index contributed by atoms with van der Waals surface area (Å²) in [4.78, 5) is 12.5. The lowest BCUT2D eigenvalue weighted by atomic mass is 9.91. The number of benzene rings is 3. The Labute approximate surface area is 226 Å². The van der Waals surface area contributed by atoms with Crippen molar-refractivity contribution in [1.82, 2.24) is 14.8 Å². The van der Waals surface area contributed by atoms with Crippen molar-refractivity contribution < 1.29 is 19.4 Å². The third-order valence-electron chi connectivity index (χ3n) is 6.65. The highest BCUT2D eigenvalue weighted by Crippen LogP contribution is 2.43. The van der Waals surface area contributed by atoms with Crippen molar-refractivity contribution in [3.8, 4) is 0 Å². The van der Waals surface area contributed by atoms with Crippen molar-refractivity contribution in [1.29, 1.82) is 0 Å². The van der Waals surface area contributed by atoms with E-state index in [0.717, 1.165) is 21.8 Å². The molecule has 9 heteroatoms. The molecule has 2 heterocycles. The monoisotopic (exact) mass is 530 g/mol.